The molecule has 1 saturated carbocycles. The normalized spacial score (nSPS) is 28.8. The van der Waals surface area contributed by atoms with Crippen LogP contribution < -0.4 is 5.32 Å². The van der Waals surface area contributed by atoms with Gasteiger partial charge in [-0.15, -0.1) is 11.3 Å². The minimum absolute atomic E-state index is 0.275. The predicted octanol–water partition coefficient (Wildman–Crippen LogP) is 3.70. The van der Waals surface area contributed by atoms with Gasteiger partial charge in [0, 0.05) is 11.4 Å². The van der Waals surface area contributed by atoms with E-state index in [0.29, 0.717) is 0 Å². The molecule has 3 heteroatoms. The summed E-state index contributed by atoms with van der Waals surface area (Å²) < 4.78 is 0. The lowest BCUT2D eigenvalue weighted by molar-refractivity contribution is 0.224. The molecular weight excluding hydrogens is 228 g/mol. The summed E-state index contributed by atoms with van der Waals surface area (Å²) in [5.74, 6) is 0.722. The molecule has 0 amide bonds. The summed E-state index contributed by atoms with van der Waals surface area (Å²) in [4.78, 5) is 1.32. The minimum Gasteiger partial charge on any atom is -0.294 e. The van der Waals surface area contributed by atoms with Crippen LogP contribution in [0.15, 0.2) is 17.5 Å². The zero-order valence-electron chi connectivity index (χ0n) is 10.4. The maximum absolute atomic E-state index is 9.47. The van der Waals surface area contributed by atoms with Gasteiger partial charge in [-0.3, -0.25) is 5.32 Å². The van der Waals surface area contributed by atoms with E-state index in [1.54, 1.807) is 11.3 Å². The predicted molar refractivity (Wildman–Crippen MR) is 71.8 cm³/mol. The van der Waals surface area contributed by atoms with Crippen molar-refractivity contribution in [3.05, 3.63) is 22.4 Å². The van der Waals surface area contributed by atoms with Crippen molar-refractivity contribution in [1.29, 1.82) is 5.26 Å². The first-order chi connectivity index (χ1) is 8.28. The summed E-state index contributed by atoms with van der Waals surface area (Å²) in [6.45, 7) is 3.07. The van der Waals surface area contributed by atoms with Crippen LogP contribution in [0.3, 0.4) is 0 Å². The van der Waals surface area contributed by atoms with E-state index in [4.69, 9.17) is 0 Å². The van der Waals surface area contributed by atoms with Gasteiger partial charge >= 0.3 is 0 Å². The molecule has 1 aromatic heterocycles. The van der Waals surface area contributed by atoms with Gasteiger partial charge in [0.05, 0.1) is 6.07 Å². The maximum Gasteiger partial charge on any atom is 0.107 e. The summed E-state index contributed by atoms with van der Waals surface area (Å²) in [7, 11) is 0. The molecule has 2 nitrogen and oxygen atoms in total. The van der Waals surface area contributed by atoms with Crippen LogP contribution in [-0.4, -0.2) is 5.54 Å². The second-order valence-electron chi connectivity index (χ2n) is 5.00. The maximum atomic E-state index is 9.47. The second kappa shape index (κ2) is 5.66. The Morgan fingerprint density at radius 2 is 2.53 bits per heavy atom. The van der Waals surface area contributed by atoms with Gasteiger partial charge in [-0.2, -0.15) is 5.26 Å². The largest absolute Gasteiger partial charge is 0.294 e. The molecule has 0 bridgehead atoms. The van der Waals surface area contributed by atoms with Crippen molar-refractivity contribution in [2.75, 3.05) is 0 Å². The van der Waals surface area contributed by atoms with Crippen LogP contribution in [-0.2, 0) is 6.54 Å². The Morgan fingerprint density at radius 3 is 3.18 bits per heavy atom. The van der Waals surface area contributed by atoms with Crippen molar-refractivity contribution in [2.45, 2.75) is 51.1 Å². The van der Waals surface area contributed by atoms with Crippen LogP contribution in [0, 0.1) is 17.2 Å². The average molecular weight is 248 g/mol. The Kier molecular flexibility index (Phi) is 4.20. The molecule has 0 aromatic carbocycles. The topological polar surface area (TPSA) is 35.8 Å². The molecule has 1 N–H and O–H groups in total. The van der Waals surface area contributed by atoms with E-state index in [2.05, 4.69) is 35.8 Å². The number of nitrogens with one attached hydrogen (secondary N) is 1. The first kappa shape index (κ1) is 12.6. The van der Waals surface area contributed by atoms with E-state index in [0.717, 1.165) is 25.3 Å². The van der Waals surface area contributed by atoms with E-state index in [1.807, 2.05) is 0 Å². The van der Waals surface area contributed by atoms with Crippen molar-refractivity contribution in [1.82, 2.24) is 5.32 Å². The first-order valence-electron chi connectivity index (χ1n) is 6.46. The standard InChI is InChI=1S/C14H20N2S/c1-2-12-5-3-7-14(9-12,11-15)16-10-13-6-4-8-17-13/h4,6,8,12,16H,2-3,5,7,9-10H2,1H3. The Bertz CT molecular complexity index is 379. The summed E-state index contributed by atoms with van der Waals surface area (Å²) in [5, 5.41) is 15.1. The molecule has 92 valence electrons. The monoisotopic (exact) mass is 248 g/mol. The van der Waals surface area contributed by atoms with E-state index in [9.17, 15) is 5.26 Å². The lowest BCUT2D eigenvalue weighted by atomic mass is 9.75. The molecule has 1 aliphatic rings. The third-order valence-corrected chi connectivity index (χ3v) is 4.70. The third kappa shape index (κ3) is 3.08. The van der Waals surface area contributed by atoms with Crippen LogP contribution >= 0.6 is 11.3 Å². The Hall–Kier alpha value is -0.850. The quantitative estimate of drug-likeness (QED) is 0.882. The van der Waals surface area contributed by atoms with Crippen LogP contribution in [0.5, 0.6) is 0 Å². The van der Waals surface area contributed by atoms with Crippen LogP contribution in [0.25, 0.3) is 0 Å². The highest BCUT2D eigenvalue weighted by Gasteiger charge is 2.35. The molecule has 2 unspecified atom stereocenters. The molecule has 1 fully saturated rings. The fourth-order valence-corrected chi connectivity index (χ4v) is 3.35. The number of rotatable bonds is 4. The van der Waals surface area contributed by atoms with Gasteiger partial charge < -0.3 is 0 Å². The number of hydrogen-bond donors (Lipinski definition) is 1. The molecule has 0 spiro atoms. The highest BCUT2D eigenvalue weighted by molar-refractivity contribution is 7.09. The van der Waals surface area contributed by atoms with Gasteiger partial charge in [-0.05, 0) is 30.2 Å². The van der Waals surface area contributed by atoms with Crippen LogP contribution in [0.1, 0.15) is 43.9 Å². The fourth-order valence-electron chi connectivity index (χ4n) is 2.71. The highest BCUT2D eigenvalue weighted by atomic mass is 32.1. The van der Waals surface area contributed by atoms with Gasteiger partial charge in [-0.1, -0.05) is 32.3 Å². The van der Waals surface area contributed by atoms with Crippen molar-refractivity contribution in [3.63, 3.8) is 0 Å². The van der Waals surface area contributed by atoms with E-state index in [1.165, 1.54) is 24.1 Å². The SMILES string of the molecule is CCC1CCCC(C#N)(NCc2cccs2)C1. The zero-order chi connectivity index (χ0) is 12.1. The Labute approximate surface area is 108 Å². The summed E-state index contributed by atoms with van der Waals surface area (Å²) in [5.41, 5.74) is -0.275. The summed E-state index contributed by atoms with van der Waals surface area (Å²) >= 11 is 1.76. The summed E-state index contributed by atoms with van der Waals surface area (Å²) in [6, 6.07) is 6.73. The van der Waals surface area contributed by atoms with Gasteiger partial charge in [0.1, 0.15) is 5.54 Å². The van der Waals surface area contributed by atoms with Gasteiger partial charge in [0.2, 0.25) is 0 Å². The molecule has 0 saturated heterocycles. The minimum atomic E-state index is -0.275. The summed E-state index contributed by atoms with van der Waals surface area (Å²) in [6.07, 6.45) is 5.70. The molecule has 1 aliphatic carbocycles. The number of hydrogen-bond acceptors (Lipinski definition) is 3. The smallest absolute Gasteiger partial charge is 0.107 e. The van der Waals surface area contributed by atoms with Gasteiger partial charge in [0.15, 0.2) is 0 Å². The van der Waals surface area contributed by atoms with Crippen LogP contribution in [0.4, 0.5) is 0 Å². The molecule has 2 rings (SSSR count). The average Bonchev–Trinajstić information content (AvgIpc) is 2.90. The van der Waals surface area contributed by atoms with Crippen LogP contribution in [0.2, 0.25) is 0 Å². The zero-order valence-corrected chi connectivity index (χ0v) is 11.2. The Balaban J connectivity index is 1.97. The second-order valence-corrected chi connectivity index (χ2v) is 6.03. The molecule has 1 aromatic rings. The number of thiophene rings is 1. The van der Waals surface area contributed by atoms with Crippen molar-refractivity contribution >= 4 is 11.3 Å². The van der Waals surface area contributed by atoms with Gasteiger partial charge in [-0.25, -0.2) is 0 Å². The molecular formula is C14H20N2S. The Morgan fingerprint density at radius 1 is 1.65 bits per heavy atom. The van der Waals surface area contributed by atoms with Crippen molar-refractivity contribution in [2.24, 2.45) is 5.92 Å². The first-order valence-corrected chi connectivity index (χ1v) is 7.34. The van der Waals surface area contributed by atoms with Crippen molar-refractivity contribution < 1.29 is 0 Å². The van der Waals surface area contributed by atoms with E-state index in [-0.39, 0.29) is 5.54 Å². The van der Waals surface area contributed by atoms with Crippen molar-refractivity contribution in [3.8, 4) is 6.07 Å². The molecule has 0 radical (unpaired) electrons. The number of nitriles is 1. The van der Waals surface area contributed by atoms with E-state index < -0.39 is 0 Å². The third-order valence-electron chi connectivity index (χ3n) is 3.83. The molecule has 17 heavy (non-hydrogen) atoms. The molecule has 2 atom stereocenters. The lowest BCUT2D eigenvalue weighted by Crippen LogP contribution is -2.47. The highest BCUT2D eigenvalue weighted by Crippen LogP contribution is 2.34. The van der Waals surface area contributed by atoms with E-state index >= 15 is 0 Å². The van der Waals surface area contributed by atoms with Gasteiger partial charge in [0.25, 0.3) is 0 Å². The molecule has 1 heterocycles. The lowest BCUT2D eigenvalue weighted by Gasteiger charge is -2.36. The molecule has 0 aliphatic heterocycles. The number of nitrogens with zero attached hydrogens (tertiary/aromatic N) is 1. The fraction of sp³-hybridized carbons (Fsp3) is 0.643.